The molecule has 1 heterocycles. The molecular formula is C18H15N3O4S. The minimum absolute atomic E-state index is 0.0965. The molecule has 0 bridgehead atoms. The summed E-state index contributed by atoms with van der Waals surface area (Å²) in [6.45, 7) is 2.28. The molecule has 3 rings (SSSR count). The molecule has 132 valence electrons. The van der Waals surface area contributed by atoms with Gasteiger partial charge in [0.1, 0.15) is 18.1 Å². The van der Waals surface area contributed by atoms with Gasteiger partial charge in [-0.05, 0) is 36.8 Å². The summed E-state index contributed by atoms with van der Waals surface area (Å²) >= 11 is 4.89. The molecule has 0 aromatic heterocycles. The molecule has 2 N–H and O–H groups in total. The lowest BCUT2D eigenvalue weighted by Crippen LogP contribution is -2.21. The molecule has 0 spiro atoms. The van der Waals surface area contributed by atoms with Gasteiger partial charge in [0.2, 0.25) is 0 Å². The Morgan fingerprint density at radius 3 is 2.69 bits per heavy atom. The lowest BCUT2D eigenvalue weighted by molar-refractivity contribution is -0.384. The highest BCUT2D eigenvalue weighted by atomic mass is 32.1. The number of non-ortho nitro benzene ring substituents is 1. The summed E-state index contributed by atoms with van der Waals surface area (Å²) in [4.78, 5) is 22.4. The molecule has 1 amide bonds. The van der Waals surface area contributed by atoms with E-state index in [9.17, 15) is 14.9 Å². The lowest BCUT2D eigenvalue weighted by Gasteiger charge is -2.10. The van der Waals surface area contributed by atoms with Gasteiger partial charge >= 0.3 is 0 Å². The van der Waals surface area contributed by atoms with Gasteiger partial charge in [0.15, 0.2) is 5.11 Å². The molecular weight excluding hydrogens is 354 g/mol. The number of nitro groups is 1. The van der Waals surface area contributed by atoms with E-state index in [1.54, 1.807) is 0 Å². The Balaban J connectivity index is 1.91. The second-order valence-corrected chi connectivity index (χ2v) is 6.13. The first kappa shape index (κ1) is 17.6. The quantitative estimate of drug-likeness (QED) is 0.364. The minimum Gasteiger partial charge on any atom is -0.488 e. The summed E-state index contributed by atoms with van der Waals surface area (Å²) < 4.78 is 5.83. The number of carbonyl (C=O) groups is 1. The zero-order chi connectivity index (χ0) is 18.7. The van der Waals surface area contributed by atoms with Crippen molar-refractivity contribution >= 4 is 35.0 Å². The number of rotatable bonds is 5. The summed E-state index contributed by atoms with van der Waals surface area (Å²) in [6.07, 6.45) is 1.48. The number of hydrogen-bond donors (Lipinski definition) is 2. The number of carbonyl (C=O) groups excluding carboxylic acids is 1. The molecule has 26 heavy (non-hydrogen) atoms. The first-order valence-corrected chi connectivity index (χ1v) is 8.14. The third kappa shape index (κ3) is 4.04. The zero-order valence-corrected chi connectivity index (χ0v) is 14.6. The van der Waals surface area contributed by atoms with E-state index in [-0.39, 0.29) is 16.5 Å². The van der Waals surface area contributed by atoms with Gasteiger partial charge in [-0.1, -0.05) is 29.8 Å². The van der Waals surface area contributed by atoms with Crippen molar-refractivity contribution in [3.8, 4) is 5.75 Å². The van der Waals surface area contributed by atoms with E-state index >= 15 is 0 Å². The van der Waals surface area contributed by atoms with Crippen LogP contribution in [0.25, 0.3) is 6.08 Å². The van der Waals surface area contributed by atoms with Crippen LogP contribution in [0.4, 0.5) is 5.69 Å². The van der Waals surface area contributed by atoms with Gasteiger partial charge in [-0.25, -0.2) is 0 Å². The number of ether oxygens (including phenoxy) is 1. The standard InChI is InChI=1S/C18H15N3O4S/c1-11-3-2-4-12(7-11)10-25-16-6-5-14(21(23)24)8-13(16)9-15-17(22)20-18(26)19-15/h2-9H,10H2,1H3,(H2,19,20,22,26). The van der Waals surface area contributed by atoms with E-state index in [1.807, 2.05) is 31.2 Å². The molecule has 1 aliphatic rings. The van der Waals surface area contributed by atoms with Crippen LogP contribution in [0.5, 0.6) is 5.75 Å². The van der Waals surface area contributed by atoms with Gasteiger partial charge in [-0.15, -0.1) is 0 Å². The molecule has 2 aromatic rings. The fourth-order valence-corrected chi connectivity index (χ4v) is 2.70. The van der Waals surface area contributed by atoms with Crippen LogP contribution >= 0.6 is 12.2 Å². The third-order valence-electron chi connectivity index (χ3n) is 3.70. The topological polar surface area (TPSA) is 93.5 Å². The molecule has 0 unspecified atom stereocenters. The summed E-state index contributed by atoms with van der Waals surface area (Å²) in [5, 5.41) is 16.4. The Hall–Kier alpha value is -3.26. The van der Waals surface area contributed by atoms with Crippen LogP contribution < -0.4 is 15.4 Å². The number of nitrogens with zero attached hydrogens (tertiary/aromatic N) is 1. The number of benzene rings is 2. The second kappa shape index (κ2) is 7.32. The van der Waals surface area contributed by atoms with E-state index in [4.69, 9.17) is 17.0 Å². The number of hydrogen-bond acceptors (Lipinski definition) is 5. The Bertz CT molecular complexity index is 940. The van der Waals surface area contributed by atoms with Crippen LogP contribution in [0.3, 0.4) is 0 Å². The predicted octanol–water partition coefficient (Wildman–Crippen LogP) is 2.83. The highest BCUT2D eigenvalue weighted by Gasteiger charge is 2.21. The second-order valence-electron chi connectivity index (χ2n) is 5.72. The van der Waals surface area contributed by atoms with Crippen LogP contribution in [-0.4, -0.2) is 15.9 Å². The van der Waals surface area contributed by atoms with Crippen LogP contribution in [0.2, 0.25) is 0 Å². The average molecular weight is 369 g/mol. The molecule has 8 heteroatoms. The van der Waals surface area contributed by atoms with E-state index < -0.39 is 10.8 Å². The minimum atomic E-state index is -0.501. The van der Waals surface area contributed by atoms with Crippen LogP contribution in [0, 0.1) is 17.0 Å². The molecule has 2 aromatic carbocycles. The van der Waals surface area contributed by atoms with Gasteiger partial charge in [0.25, 0.3) is 11.6 Å². The fraction of sp³-hybridized carbons (Fsp3) is 0.111. The van der Waals surface area contributed by atoms with Gasteiger partial charge in [0.05, 0.1) is 4.92 Å². The van der Waals surface area contributed by atoms with E-state index in [0.717, 1.165) is 11.1 Å². The normalized spacial score (nSPS) is 14.9. The maximum atomic E-state index is 11.8. The Kier molecular flexibility index (Phi) is 4.94. The van der Waals surface area contributed by atoms with Crippen molar-refractivity contribution in [2.24, 2.45) is 0 Å². The smallest absolute Gasteiger partial charge is 0.273 e. The van der Waals surface area contributed by atoms with Gasteiger partial charge in [-0.2, -0.15) is 0 Å². The molecule has 0 aliphatic carbocycles. The van der Waals surface area contributed by atoms with Crippen molar-refractivity contribution in [3.63, 3.8) is 0 Å². The van der Waals surface area contributed by atoms with Gasteiger partial charge in [0, 0.05) is 17.7 Å². The molecule has 0 radical (unpaired) electrons. The van der Waals surface area contributed by atoms with E-state index in [1.165, 1.54) is 24.3 Å². The molecule has 0 saturated carbocycles. The first-order chi connectivity index (χ1) is 12.4. The number of nitrogens with one attached hydrogen (secondary N) is 2. The molecule has 1 aliphatic heterocycles. The maximum Gasteiger partial charge on any atom is 0.273 e. The summed E-state index contributed by atoms with van der Waals surface area (Å²) in [5.41, 5.74) is 2.60. The number of nitro benzene ring substituents is 1. The third-order valence-corrected chi connectivity index (χ3v) is 3.90. The van der Waals surface area contributed by atoms with Crippen molar-refractivity contribution in [1.29, 1.82) is 0 Å². The molecule has 7 nitrogen and oxygen atoms in total. The van der Waals surface area contributed by atoms with Crippen molar-refractivity contribution < 1.29 is 14.5 Å². The SMILES string of the molecule is Cc1cccc(COc2ccc([N+](=O)[O-])cc2C=C2NC(=S)NC2=O)c1. The Morgan fingerprint density at radius 1 is 1.23 bits per heavy atom. The monoisotopic (exact) mass is 369 g/mol. The maximum absolute atomic E-state index is 11.8. The summed E-state index contributed by atoms with van der Waals surface area (Å²) in [6, 6.07) is 12.1. The Morgan fingerprint density at radius 2 is 2.04 bits per heavy atom. The Labute approximate surface area is 154 Å². The van der Waals surface area contributed by atoms with Crippen molar-refractivity contribution in [1.82, 2.24) is 10.6 Å². The number of amides is 1. The van der Waals surface area contributed by atoms with Crippen LogP contribution in [-0.2, 0) is 11.4 Å². The molecule has 0 atom stereocenters. The van der Waals surface area contributed by atoms with E-state index in [0.29, 0.717) is 17.9 Å². The number of thiocarbonyl (C=S) groups is 1. The molecule has 1 fully saturated rings. The van der Waals surface area contributed by atoms with Gasteiger partial charge < -0.3 is 10.1 Å². The van der Waals surface area contributed by atoms with Crippen molar-refractivity contribution in [3.05, 3.63) is 75.0 Å². The predicted molar refractivity (Wildman–Crippen MR) is 100 cm³/mol. The van der Waals surface area contributed by atoms with Gasteiger partial charge in [-0.3, -0.25) is 20.2 Å². The highest BCUT2D eigenvalue weighted by Crippen LogP contribution is 2.27. The van der Waals surface area contributed by atoms with E-state index in [2.05, 4.69) is 10.6 Å². The largest absolute Gasteiger partial charge is 0.488 e. The average Bonchev–Trinajstić information content (AvgIpc) is 2.91. The molecule has 1 saturated heterocycles. The lowest BCUT2D eigenvalue weighted by atomic mass is 10.1. The number of aryl methyl sites for hydroxylation is 1. The fourth-order valence-electron chi connectivity index (χ4n) is 2.49. The zero-order valence-electron chi connectivity index (χ0n) is 13.8. The van der Waals surface area contributed by atoms with Crippen LogP contribution in [0.15, 0.2) is 48.2 Å². The highest BCUT2D eigenvalue weighted by molar-refractivity contribution is 7.80. The van der Waals surface area contributed by atoms with Crippen molar-refractivity contribution in [2.45, 2.75) is 13.5 Å². The summed E-state index contributed by atoms with van der Waals surface area (Å²) in [7, 11) is 0. The van der Waals surface area contributed by atoms with Crippen LogP contribution in [0.1, 0.15) is 16.7 Å². The summed E-state index contributed by atoms with van der Waals surface area (Å²) in [5.74, 6) is 0.0307. The first-order valence-electron chi connectivity index (χ1n) is 7.73. The van der Waals surface area contributed by atoms with Crippen molar-refractivity contribution in [2.75, 3.05) is 0 Å².